The molecule has 8 nitrogen and oxygen atoms in total. The Balaban J connectivity index is 1.37. The third-order valence-corrected chi connectivity index (χ3v) is 8.34. The monoisotopic (exact) mass is 474 g/mol. The van der Waals surface area contributed by atoms with Crippen LogP contribution in [-0.4, -0.2) is 49.8 Å². The first-order valence-electron chi connectivity index (χ1n) is 10.1. The molecule has 1 fully saturated rings. The van der Waals surface area contributed by atoms with Crippen LogP contribution in [0.3, 0.4) is 0 Å². The summed E-state index contributed by atoms with van der Waals surface area (Å²) >= 11 is 1.48. The summed E-state index contributed by atoms with van der Waals surface area (Å²) in [6.45, 7) is 0.431. The van der Waals surface area contributed by atoms with Gasteiger partial charge in [0.1, 0.15) is 11.6 Å². The van der Waals surface area contributed by atoms with Crippen molar-refractivity contribution in [1.82, 2.24) is 9.29 Å². The summed E-state index contributed by atoms with van der Waals surface area (Å²) in [6, 6.07) is 13.7. The lowest BCUT2D eigenvalue weighted by molar-refractivity contribution is -0.151. The average molecular weight is 475 g/mol. The first-order valence-corrected chi connectivity index (χ1v) is 12.3. The summed E-state index contributed by atoms with van der Waals surface area (Å²) in [5.74, 6) is -1.44. The van der Waals surface area contributed by atoms with Gasteiger partial charge in [0.25, 0.3) is 0 Å². The number of hydrogen-bond donors (Lipinski definition) is 0. The van der Waals surface area contributed by atoms with E-state index >= 15 is 0 Å². The Labute approximate surface area is 189 Å². The molecule has 3 aromatic rings. The van der Waals surface area contributed by atoms with E-state index in [0.717, 1.165) is 15.2 Å². The summed E-state index contributed by atoms with van der Waals surface area (Å²) in [6.07, 6.45) is 0.691. The average Bonchev–Trinajstić information content (AvgIpc) is 3.25. The highest BCUT2D eigenvalue weighted by atomic mass is 32.2. The third-order valence-electron chi connectivity index (χ3n) is 5.37. The predicted octanol–water partition coefficient (Wildman–Crippen LogP) is 3.23. The predicted molar refractivity (Wildman–Crippen MR) is 119 cm³/mol. The van der Waals surface area contributed by atoms with Gasteiger partial charge in [0, 0.05) is 13.1 Å². The number of carbonyl (C=O) groups excluding carboxylic acids is 2. The van der Waals surface area contributed by atoms with E-state index in [1.165, 1.54) is 34.9 Å². The number of sulfonamides is 1. The summed E-state index contributed by atoms with van der Waals surface area (Å²) in [7, 11) is -2.69. The van der Waals surface area contributed by atoms with Gasteiger partial charge >= 0.3 is 11.9 Å². The van der Waals surface area contributed by atoms with Gasteiger partial charge in [-0.25, -0.2) is 18.2 Å². The molecule has 4 rings (SSSR count). The summed E-state index contributed by atoms with van der Waals surface area (Å²) in [5.41, 5.74) is 0.863. The lowest BCUT2D eigenvalue weighted by atomic mass is 9.98. The van der Waals surface area contributed by atoms with Crippen LogP contribution in [0.15, 0.2) is 53.4 Å². The minimum absolute atomic E-state index is 0.00707. The number of para-hydroxylation sites is 1. The van der Waals surface area contributed by atoms with Gasteiger partial charge in [-0.15, -0.1) is 11.3 Å². The molecule has 1 aliphatic rings. The van der Waals surface area contributed by atoms with E-state index in [0.29, 0.717) is 12.8 Å². The molecule has 10 heteroatoms. The van der Waals surface area contributed by atoms with Crippen LogP contribution in [-0.2, 0) is 30.9 Å². The van der Waals surface area contributed by atoms with E-state index < -0.39 is 16.0 Å². The molecule has 0 radical (unpaired) electrons. The first kappa shape index (κ1) is 22.4. The number of methoxy groups -OCH3 is 1. The van der Waals surface area contributed by atoms with E-state index in [4.69, 9.17) is 9.47 Å². The number of nitrogens with zero attached hydrogens (tertiary/aromatic N) is 2. The number of aromatic nitrogens is 1. The van der Waals surface area contributed by atoms with Gasteiger partial charge in [-0.1, -0.05) is 24.3 Å². The molecule has 0 atom stereocenters. The van der Waals surface area contributed by atoms with Crippen molar-refractivity contribution in [2.24, 2.45) is 5.92 Å². The summed E-state index contributed by atoms with van der Waals surface area (Å²) in [4.78, 5) is 28.9. The lowest BCUT2D eigenvalue weighted by Crippen LogP contribution is -2.41. The second-order valence-corrected chi connectivity index (χ2v) is 10.4. The van der Waals surface area contributed by atoms with Gasteiger partial charge in [-0.3, -0.25) is 4.79 Å². The van der Waals surface area contributed by atoms with E-state index in [2.05, 4.69) is 4.98 Å². The molecule has 2 aromatic carbocycles. The lowest BCUT2D eigenvalue weighted by Gasteiger charge is -2.30. The normalized spacial score (nSPS) is 15.5. The Morgan fingerprint density at radius 3 is 2.50 bits per heavy atom. The number of ether oxygens (including phenoxy) is 2. The molecule has 2 heterocycles. The minimum atomic E-state index is -3.89. The van der Waals surface area contributed by atoms with Gasteiger partial charge in [-0.05, 0) is 37.1 Å². The number of carbonyl (C=O) groups is 2. The van der Waals surface area contributed by atoms with Crippen molar-refractivity contribution in [2.75, 3.05) is 20.2 Å². The quantitative estimate of drug-likeness (QED) is 0.505. The van der Waals surface area contributed by atoms with Crippen LogP contribution in [0.2, 0.25) is 0 Å². The Morgan fingerprint density at radius 1 is 1.09 bits per heavy atom. The Bertz CT molecular complexity index is 1210. The molecule has 168 valence electrons. The van der Waals surface area contributed by atoms with Crippen molar-refractivity contribution in [3.05, 3.63) is 59.1 Å². The summed E-state index contributed by atoms with van der Waals surface area (Å²) < 4.78 is 38.7. The van der Waals surface area contributed by atoms with Crippen molar-refractivity contribution in [3.8, 4) is 0 Å². The zero-order valence-corrected chi connectivity index (χ0v) is 19.0. The van der Waals surface area contributed by atoms with Gasteiger partial charge in [0.15, 0.2) is 0 Å². The molecule has 0 N–H and O–H groups in total. The second-order valence-electron chi connectivity index (χ2n) is 7.35. The molecule has 0 bridgehead atoms. The fourth-order valence-corrected chi connectivity index (χ4v) is 6.20. The number of rotatable bonds is 6. The topological polar surface area (TPSA) is 103 Å². The molecule has 1 aromatic heterocycles. The smallest absolute Gasteiger partial charge is 0.339 e. The molecule has 0 amide bonds. The number of thiazole rings is 1. The number of esters is 2. The van der Waals surface area contributed by atoms with Crippen LogP contribution in [0, 0.1) is 5.92 Å². The Hall–Kier alpha value is -2.82. The largest absolute Gasteiger partial charge is 0.465 e. The third kappa shape index (κ3) is 4.52. The molecule has 0 saturated carbocycles. The maximum atomic E-state index is 13.1. The van der Waals surface area contributed by atoms with E-state index in [1.807, 2.05) is 24.3 Å². The number of piperidine rings is 1. The van der Waals surface area contributed by atoms with Crippen LogP contribution >= 0.6 is 11.3 Å². The first-order chi connectivity index (χ1) is 15.4. The maximum Gasteiger partial charge on any atom is 0.339 e. The van der Waals surface area contributed by atoms with Crippen molar-refractivity contribution in [2.45, 2.75) is 24.3 Å². The molecular formula is C22H22N2O6S2. The molecule has 1 saturated heterocycles. The van der Waals surface area contributed by atoms with E-state index in [9.17, 15) is 18.0 Å². The molecule has 0 aliphatic carbocycles. The van der Waals surface area contributed by atoms with Crippen LogP contribution in [0.5, 0.6) is 0 Å². The zero-order valence-electron chi connectivity index (χ0n) is 17.4. The SMILES string of the molecule is COC(=O)c1ccccc1S(=O)(=O)N1CCC(C(=O)OCc2nc3ccccc3s2)CC1. The standard InChI is InChI=1S/C22H22N2O6S2/c1-29-22(26)16-6-2-5-9-19(16)32(27,28)24-12-10-15(11-13-24)21(25)30-14-20-23-17-7-3-4-8-18(17)31-20/h2-9,15H,10-14H2,1H3. The Kier molecular flexibility index (Phi) is 6.54. The molecule has 0 spiro atoms. The zero-order chi connectivity index (χ0) is 22.7. The molecular weight excluding hydrogens is 452 g/mol. The van der Waals surface area contributed by atoms with Gasteiger partial charge in [-0.2, -0.15) is 4.31 Å². The fraction of sp³-hybridized carbons (Fsp3) is 0.318. The molecule has 32 heavy (non-hydrogen) atoms. The van der Waals surface area contributed by atoms with Crippen molar-refractivity contribution in [1.29, 1.82) is 0 Å². The van der Waals surface area contributed by atoms with Crippen molar-refractivity contribution >= 4 is 43.5 Å². The van der Waals surface area contributed by atoms with Gasteiger partial charge < -0.3 is 9.47 Å². The van der Waals surface area contributed by atoms with Gasteiger partial charge in [0.2, 0.25) is 10.0 Å². The molecule has 1 aliphatic heterocycles. The van der Waals surface area contributed by atoms with Crippen LogP contribution < -0.4 is 0 Å². The van der Waals surface area contributed by atoms with Crippen molar-refractivity contribution in [3.63, 3.8) is 0 Å². The summed E-state index contributed by atoms with van der Waals surface area (Å²) in [5, 5.41) is 0.721. The van der Waals surface area contributed by atoms with Crippen LogP contribution in [0.25, 0.3) is 10.2 Å². The second kappa shape index (κ2) is 9.35. The minimum Gasteiger partial charge on any atom is -0.465 e. The highest BCUT2D eigenvalue weighted by Gasteiger charge is 2.34. The highest BCUT2D eigenvalue weighted by molar-refractivity contribution is 7.89. The van der Waals surface area contributed by atoms with Gasteiger partial charge in [0.05, 0.1) is 33.7 Å². The van der Waals surface area contributed by atoms with E-state index in [-0.39, 0.29) is 42.0 Å². The van der Waals surface area contributed by atoms with Crippen molar-refractivity contribution < 1.29 is 27.5 Å². The highest BCUT2D eigenvalue weighted by Crippen LogP contribution is 2.28. The number of benzene rings is 2. The number of fused-ring (bicyclic) bond motifs is 1. The van der Waals surface area contributed by atoms with Crippen LogP contribution in [0.4, 0.5) is 0 Å². The maximum absolute atomic E-state index is 13.1. The Morgan fingerprint density at radius 2 is 1.78 bits per heavy atom. The number of hydrogen-bond acceptors (Lipinski definition) is 8. The van der Waals surface area contributed by atoms with E-state index in [1.54, 1.807) is 12.1 Å². The fourth-order valence-electron chi connectivity index (χ4n) is 3.67. The molecule has 0 unspecified atom stereocenters. The van der Waals surface area contributed by atoms with Crippen LogP contribution in [0.1, 0.15) is 28.2 Å².